The van der Waals surface area contributed by atoms with Crippen LogP contribution in [0.1, 0.15) is 32.1 Å². The smallest absolute Gasteiger partial charge is 0.251 e. The Bertz CT molecular complexity index is 835. The molecule has 0 aliphatic carbocycles. The number of thiazole rings is 1. The van der Waals surface area contributed by atoms with Gasteiger partial charge in [0.15, 0.2) is 10.8 Å². The summed E-state index contributed by atoms with van der Waals surface area (Å²) in [7, 11) is 0. The van der Waals surface area contributed by atoms with Crippen LogP contribution in [0.3, 0.4) is 0 Å². The molecule has 2 aromatic heterocycles. The Labute approximate surface area is 139 Å². The van der Waals surface area contributed by atoms with Crippen LogP contribution in [0.2, 0.25) is 0 Å². The summed E-state index contributed by atoms with van der Waals surface area (Å²) in [6.45, 7) is 6.39. The summed E-state index contributed by atoms with van der Waals surface area (Å²) in [6, 6.07) is 9.56. The van der Waals surface area contributed by atoms with E-state index in [0.717, 1.165) is 32.5 Å². The second-order valence-corrected chi connectivity index (χ2v) is 6.59. The Kier molecular flexibility index (Phi) is 4.30. The molecule has 1 aromatic carbocycles. The predicted molar refractivity (Wildman–Crippen MR) is 91.6 cm³/mol. The van der Waals surface area contributed by atoms with E-state index in [2.05, 4.69) is 10.3 Å². The van der Waals surface area contributed by atoms with Crippen LogP contribution in [0.15, 0.2) is 41.0 Å². The number of nitrogens with zero attached hydrogens (tertiary/aromatic N) is 1. The van der Waals surface area contributed by atoms with E-state index in [-0.39, 0.29) is 5.91 Å². The van der Waals surface area contributed by atoms with E-state index in [1.54, 1.807) is 17.6 Å². The third kappa shape index (κ3) is 3.35. The van der Waals surface area contributed by atoms with Crippen LogP contribution in [0, 0.1) is 20.8 Å². The number of carbonyl (C=O) groups is 1. The predicted octanol–water partition coefficient (Wildman–Crippen LogP) is 4.26. The van der Waals surface area contributed by atoms with Gasteiger partial charge in [-0.2, -0.15) is 0 Å². The van der Waals surface area contributed by atoms with Crippen molar-refractivity contribution in [2.75, 3.05) is 0 Å². The molecule has 0 atom stereocenters. The highest BCUT2D eigenvalue weighted by molar-refractivity contribution is 7.15. The van der Waals surface area contributed by atoms with Gasteiger partial charge in [-0.1, -0.05) is 17.7 Å². The molecule has 0 spiro atoms. The van der Waals surface area contributed by atoms with Gasteiger partial charge >= 0.3 is 0 Å². The van der Waals surface area contributed by atoms with Crippen LogP contribution < -0.4 is 5.32 Å². The maximum absolute atomic E-state index is 12.4. The average molecular weight is 326 g/mol. The number of aryl methyl sites for hydroxylation is 3. The van der Waals surface area contributed by atoms with Gasteiger partial charge in [-0.05, 0) is 44.5 Å². The van der Waals surface area contributed by atoms with Crippen molar-refractivity contribution in [1.82, 2.24) is 10.3 Å². The summed E-state index contributed by atoms with van der Waals surface area (Å²) in [5, 5.41) is 3.81. The molecule has 0 unspecified atom stereocenters. The number of hydrogen-bond acceptors (Lipinski definition) is 4. The van der Waals surface area contributed by atoms with E-state index in [9.17, 15) is 4.79 Å². The van der Waals surface area contributed by atoms with Gasteiger partial charge in [-0.3, -0.25) is 4.79 Å². The number of rotatable bonds is 4. The highest BCUT2D eigenvalue weighted by atomic mass is 32.1. The fourth-order valence-corrected chi connectivity index (χ4v) is 3.39. The third-order valence-electron chi connectivity index (χ3n) is 3.66. The van der Waals surface area contributed by atoms with Crippen molar-refractivity contribution in [3.8, 4) is 10.8 Å². The van der Waals surface area contributed by atoms with E-state index >= 15 is 0 Å². The highest BCUT2D eigenvalue weighted by Gasteiger charge is 2.13. The molecule has 2 heterocycles. The summed E-state index contributed by atoms with van der Waals surface area (Å²) in [4.78, 5) is 17.9. The second kappa shape index (κ2) is 6.38. The quantitative estimate of drug-likeness (QED) is 0.779. The Balaban J connectivity index is 1.72. The molecule has 0 saturated carbocycles. The van der Waals surface area contributed by atoms with Gasteiger partial charge in [0.1, 0.15) is 0 Å². The van der Waals surface area contributed by atoms with Gasteiger partial charge < -0.3 is 9.73 Å². The van der Waals surface area contributed by atoms with E-state index in [1.165, 1.54) is 0 Å². The van der Waals surface area contributed by atoms with Gasteiger partial charge in [-0.15, -0.1) is 11.3 Å². The summed E-state index contributed by atoms with van der Waals surface area (Å²) >= 11 is 1.54. The molecule has 23 heavy (non-hydrogen) atoms. The number of benzene rings is 1. The molecule has 0 aliphatic heterocycles. The molecule has 0 bridgehead atoms. The van der Waals surface area contributed by atoms with Crippen LogP contribution >= 0.6 is 11.3 Å². The molecule has 3 rings (SSSR count). The minimum Gasteiger partial charge on any atom is -0.462 e. The van der Waals surface area contributed by atoms with Crippen molar-refractivity contribution >= 4 is 17.2 Å². The van der Waals surface area contributed by atoms with Crippen molar-refractivity contribution in [1.29, 1.82) is 0 Å². The van der Waals surface area contributed by atoms with Crippen molar-refractivity contribution in [3.05, 3.63) is 63.9 Å². The van der Waals surface area contributed by atoms with E-state index in [1.807, 2.05) is 51.1 Å². The minimum atomic E-state index is -0.0603. The first kappa shape index (κ1) is 15.5. The van der Waals surface area contributed by atoms with Crippen LogP contribution in [0.4, 0.5) is 0 Å². The molecule has 3 aromatic rings. The third-order valence-corrected chi connectivity index (χ3v) is 4.83. The lowest BCUT2D eigenvalue weighted by atomic mass is 10.1. The Morgan fingerprint density at radius 1 is 1.26 bits per heavy atom. The standard InChI is InChI=1S/C18H18N2O2S/c1-11-6-7-14(12(2)9-11)17(21)19-10-16-13(3)20-18(23-16)15-5-4-8-22-15/h4-9H,10H2,1-3H3,(H,19,21). The first-order chi connectivity index (χ1) is 11.0. The summed E-state index contributed by atoms with van der Waals surface area (Å²) in [6.07, 6.45) is 1.63. The van der Waals surface area contributed by atoms with Gasteiger partial charge in [0.25, 0.3) is 5.91 Å². The number of nitrogens with one attached hydrogen (secondary N) is 1. The largest absolute Gasteiger partial charge is 0.462 e. The molecule has 0 saturated heterocycles. The van der Waals surface area contributed by atoms with Crippen LogP contribution in [-0.4, -0.2) is 10.9 Å². The molecule has 4 nitrogen and oxygen atoms in total. The monoisotopic (exact) mass is 326 g/mol. The van der Waals surface area contributed by atoms with Gasteiger partial charge in [-0.25, -0.2) is 4.98 Å². The summed E-state index contributed by atoms with van der Waals surface area (Å²) in [5.41, 5.74) is 3.77. The zero-order chi connectivity index (χ0) is 16.4. The van der Waals surface area contributed by atoms with E-state index in [4.69, 9.17) is 4.42 Å². The van der Waals surface area contributed by atoms with Crippen LogP contribution in [0.25, 0.3) is 10.8 Å². The average Bonchev–Trinajstić information content (AvgIpc) is 3.14. The lowest BCUT2D eigenvalue weighted by Crippen LogP contribution is -2.23. The zero-order valence-electron chi connectivity index (χ0n) is 13.3. The normalized spacial score (nSPS) is 10.7. The SMILES string of the molecule is Cc1ccc(C(=O)NCc2sc(-c3ccco3)nc2C)c(C)c1. The molecule has 0 radical (unpaired) electrons. The number of furan rings is 1. The van der Waals surface area contributed by atoms with Crippen molar-refractivity contribution in [2.24, 2.45) is 0 Å². The van der Waals surface area contributed by atoms with E-state index < -0.39 is 0 Å². The van der Waals surface area contributed by atoms with Crippen LogP contribution in [-0.2, 0) is 6.54 Å². The highest BCUT2D eigenvalue weighted by Crippen LogP contribution is 2.28. The first-order valence-electron chi connectivity index (χ1n) is 7.40. The molecule has 118 valence electrons. The lowest BCUT2D eigenvalue weighted by molar-refractivity contribution is 0.0950. The Morgan fingerprint density at radius 3 is 2.78 bits per heavy atom. The lowest BCUT2D eigenvalue weighted by Gasteiger charge is -2.07. The molecule has 1 N–H and O–H groups in total. The summed E-state index contributed by atoms with van der Waals surface area (Å²) < 4.78 is 5.37. The number of carbonyl (C=O) groups excluding carboxylic acids is 1. The maximum Gasteiger partial charge on any atom is 0.251 e. The molecule has 5 heteroatoms. The number of aromatic nitrogens is 1. The second-order valence-electron chi connectivity index (χ2n) is 5.51. The zero-order valence-corrected chi connectivity index (χ0v) is 14.2. The molecule has 0 aliphatic rings. The van der Waals surface area contributed by atoms with Crippen molar-refractivity contribution < 1.29 is 9.21 Å². The fourth-order valence-electron chi connectivity index (χ4n) is 2.42. The fraction of sp³-hybridized carbons (Fsp3) is 0.222. The molecule has 1 amide bonds. The van der Waals surface area contributed by atoms with Crippen LogP contribution in [0.5, 0.6) is 0 Å². The number of amides is 1. The van der Waals surface area contributed by atoms with Gasteiger partial charge in [0.05, 0.1) is 18.5 Å². The topological polar surface area (TPSA) is 55.1 Å². The minimum absolute atomic E-state index is 0.0603. The molecule has 0 fully saturated rings. The van der Waals surface area contributed by atoms with Crippen molar-refractivity contribution in [3.63, 3.8) is 0 Å². The Morgan fingerprint density at radius 2 is 2.09 bits per heavy atom. The van der Waals surface area contributed by atoms with Gasteiger partial charge in [0, 0.05) is 10.4 Å². The summed E-state index contributed by atoms with van der Waals surface area (Å²) in [5.74, 6) is 0.694. The maximum atomic E-state index is 12.4. The van der Waals surface area contributed by atoms with E-state index in [0.29, 0.717) is 12.1 Å². The first-order valence-corrected chi connectivity index (χ1v) is 8.22. The Hall–Kier alpha value is -2.40. The number of hydrogen-bond donors (Lipinski definition) is 1. The van der Waals surface area contributed by atoms with Gasteiger partial charge in [0.2, 0.25) is 0 Å². The molecular formula is C18H18N2O2S. The van der Waals surface area contributed by atoms with Crippen molar-refractivity contribution in [2.45, 2.75) is 27.3 Å². The molecular weight excluding hydrogens is 308 g/mol.